The number of halogens is 1. The van der Waals surface area contributed by atoms with Gasteiger partial charge >= 0.3 is 0 Å². The van der Waals surface area contributed by atoms with Crippen LogP contribution in [0.3, 0.4) is 0 Å². The Morgan fingerprint density at radius 3 is 2.21 bits per heavy atom. The minimum Gasteiger partial charge on any atom is -0.0843 e. The van der Waals surface area contributed by atoms with Gasteiger partial charge in [0.2, 0.25) is 0 Å². The van der Waals surface area contributed by atoms with Crippen LogP contribution in [0.5, 0.6) is 0 Å². The van der Waals surface area contributed by atoms with Crippen molar-refractivity contribution in [3.63, 3.8) is 0 Å². The average molecular weight is 203 g/mol. The summed E-state index contributed by atoms with van der Waals surface area (Å²) in [6.07, 6.45) is 0. The summed E-state index contributed by atoms with van der Waals surface area (Å²) in [4.78, 5) is 0. The molecule has 0 aliphatic carbocycles. The van der Waals surface area contributed by atoms with Crippen LogP contribution >= 0.6 is 11.6 Å². The van der Waals surface area contributed by atoms with Gasteiger partial charge in [0.05, 0.1) is 0 Å². The Hall–Kier alpha value is -1.27. The molecule has 14 heavy (non-hydrogen) atoms. The molecule has 0 heterocycles. The van der Waals surface area contributed by atoms with Crippen LogP contribution in [0.2, 0.25) is 5.02 Å². The van der Waals surface area contributed by atoms with Crippen molar-refractivity contribution in [2.45, 2.75) is 6.92 Å². The molecule has 1 heteroatoms. The molecule has 2 aromatic carbocycles. The lowest BCUT2D eigenvalue weighted by molar-refractivity contribution is 1.47. The van der Waals surface area contributed by atoms with E-state index in [4.69, 9.17) is 11.6 Å². The van der Waals surface area contributed by atoms with Gasteiger partial charge in [-0.15, -0.1) is 0 Å². The van der Waals surface area contributed by atoms with Gasteiger partial charge in [0.15, 0.2) is 0 Å². The van der Waals surface area contributed by atoms with Crippen LogP contribution in [0.1, 0.15) is 5.56 Å². The molecule has 0 fully saturated rings. The zero-order valence-corrected chi connectivity index (χ0v) is 8.75. The minimum absolute atomic E-state index is 0.779. The molecule has 0 aliphatic rings. The third-order valence-corrected chi connectivity index (χ3v) is 2.45. The Balaban J connectivity index is 2.44. The van der Waals surface area contributed by atoms with Gasteiger partial charge in [0.25, 0.3) is 0 Å². The molecule has 0 amide bonds. The van der Waals surface area contributed by atoms with Gasteiger partial charge in [-0.05, 0) is 30.2 Å². The van der Waals surface area contributed by atoms with E-state index in [1.165, 1.54) is 16.7 Å². The molecule has 0 atom stereocenters. The molecule has 0 N–H and O–H groups in total. The summed E-state index contributed by atoms with van der Waals surface area (Å²) in [7, 11) is 0. The lowest BCUT2D eigenvalue weighted by Gasteiger charge is -2.02. The van der Waals surface area contributed by atoms with Gasteiger partial charge in [-0.25, -0.2) is 0 Å². The summed E-state index contributed by atoms with van der Waals surface area (Å²) >= 11 is 5.83. The first kappa shape index (κ1) is 9.29. The summed E-state index contributed by atoms with van der Waals surface area (Å²) < 4.78 is 0. The van der Waals surface area contributed by atoms with Gasteiger partial charge in [-0.2, -0.15) is 0 Å². The van der Waals surface area contributed by atoms with Crippen molar-refractivity contribution >= 4 is 11.6 Å². The first-order chi connectivity index (χ1) is 6.75. The second kappa shape index (κ2) is 3.85. The highest BCUT2D eigenvalue weighted by atomic mass is 35.5. The van der Waals surface area contributed by atoms with E-state index in [1.807, 2.05) is 24.3 Å². The molecule has 0 aromatic heterocycles. The summed E-state index contributed by atoms with van der Waals surface area (Å²) in [5.74, 6) is 0. The van der Waals surface area contributed by atoms with E-state index < -0.39 is 0 Å². The standard InChI is InChI=1S/C13H11Cl/c1-10-3-2-4-12(9-10)11-5-7-13(14)8-6-11/h2-9H,1H3. The molecular weight excluding hydrogens is 192 g/mol. The topological polar surface area (TPSA) is 0 Å². The SMILES string of the molecule is Cc1cccc(-c2ccc(Cl)cc2)c1. The largest absolute Gasteiger partial charge is 0.0843 e. The van der Waals surface area contributed by atoms with Gasteiger partial charge < -0.3 is 0 Å². The van der Waals surface area contributed by atoms with Crippen LogP contribution in [-0.4, -0.2) is 0 Å². The lowest BCUT2D eigenvalue weighted by Crippen LogP contribution is -1.78. The molecule has 0 bridgehead atoms. The molecule has 0 aliphatic heterocycles. The third-order valence-electron chi connectivity index (χ3n) is 2.20. The van der Waals surface area contributed by atoms with Crippen molar-refractivity contribution in [3.05, 3.63) is 59.1 Å². The van der Waals surface area contributed by atoms with Crippen molar-refractivity contribution in [2.75, 3.05) is 0 Å². The highest BCUT2D eigenvalue weighted by molar-refractivity contribution is 6.30. The lowest BCUT2D eigenvalue weighted by atomic mass is 10.0. The molecular formula is C13H11Cl. The fourth-order valence-electron chi connectivity index (χ4n) is 1.47. The Morgan fingerprint density at radius 2 is 1.57 bits per heavy atom. The van der Waals surface area contributed by atoms with Crippen molar-refractivity contribution in [1.82, 2.24) is 0 Å². The first-order valence-corrected chi connectivity index (χ1v) is 4.96. The normalized spacial score (nSPS) is 10.1. The van der Waals surface area contributed by atoms with Gasteiger partial charge in [0.1, 0.15) is 0 Å². The Kier molecular flexibility index (Phi) is 2.55. The Bertz CT molecular complexity index is 429. The Labute approximate surface area is 89.2 Å². The molecule has 0 saturated carbocycles. The van der Waals surface area contributed by atoms with E-state index in [0.717, 1.165) is 5.02 Å². The second-order valence-electron chi connectivity index (χ2n) is 3.38. The van der Waals surface area contributed by atoms with E-state index in [-0.39, 0.29) is 0 Å². The molecule has 0 nitrogen and oxygen atoms in total. The van der Waals surface area contributed by atoms with E-state index in [2.05, 4.69) is 31.2 Å². The fraction of sp³-hybridized carbons (Fsp3) is 0.0769. The number of benzene rings is 2. The van der Waals surface area contributed by atoms with Crippen LogP contribution in [0.4, 0.5) is 0 Å². The second-order valence-corrected chi connectivity index (χ2v) is 3.81. The van der Waals surface area contributed by atoms with Crippen LogP contribution in [-0.2, 0) is 0 Å². The summed E-state index contributed by atoms with van der Waals surface area (Å²) in [6, 6.07) is 16.4. The maximum Gasteiger partial charge on any atom is 0.0406 e. The zero-order chi connectivity index (χ0) is 9.97. The predicted octanol–water partition coefficient (Wildman–Crippen LogP) is 4.32. The van der Waals surface area contributed by atoms with Crippen molar-refractivity contribution in [2.24, 2.45) is 0 Å². The van der Waals surface area contributed by atoms with E-state index >= 15 is 0 Å². The highest BCUT2D eigenvalue weighted by Gasteiger charge is 1.96. The molecule has 70 valence electrons. The molecule has 0 radical (unpaired) electrons. The monoisotopic (exact) mass is 202 g/mol. The van der Waals surface area contributed by atoms with Crippen LogP contribution in [0.25, 0.3) is 11.1 Å². The molecule has 2 rings (SSSR count). The molecule has 0 spiro atoms. The first-order valence-electron chi connectivity index (χ1n) is 4.58. The zero-order valence-electron chi connectivity index (χ0n) is 8.00. The van der Waals surface area contributed by atoms with Crippen molar-refractivity contribution < 1.29 is 0 Å². The summed E-state index contributed by atoms with van der Waals surface area (Å²) in [6.45, 7) is 2.10. The quantitative estimate of drug-likeness (QED) is 0.646. The smallest absolute Gasteiger partial charge is 0.0406 e. The molecule has 0 unspecified atom stereocenters. The summed E-state index contributed by atoms with van der Waals surface area (Å²) in [5.41, 5.74) is 3.72. The minimum atomic E-state index is 0.779. The average Bonchev–Trinajstić information content (AvgIpc) is 2.19. The third kappa shape index (κ3) is 1.97. The van der Waals surface area contributed by atoms with Crippen LogP contribution < -0.4 is 0 Å². The highest BCUT2D eigenvalue weighted by Crippen LogP contribution is 2.21. The van der Waals surface area contributed by atoms with E-state index in [0.29, 0.717) is 0 Å². The predicted molar refractivity (Wildman–Crippen MR) is 61.6 cm³/mol. The number of rotatable bonds is 1. The number of aryl methyl sites for hydroxylation is 1. The van der Waals surface area contributed by atoms with Crippen molar-refractivity contribution in [3.8, 4) is 11.1 Å². The summed E-state index contributed by atoms with van der Waals surface area (Å²) in [5, 5.41) is 0.779. The maximum absolute atomic E-state index is 5.83. The molecule has 0 saturated heterocycles. The molecule has 2 aromatic rings. The van der Waals surface area contributed by atoms with Gasteiger partial charge in [0, 0.05) is 5.02 Å². The van der Waals surface area contributed by atoms with Crippen LogP contribution in [0.15, 0.2) is 48.5 Å². The van der Waals surface area contributed by atoms with E-state index in [9.17, 15) is 0 Å². The van der Waals surface area contributed by atoms with E-state index in [1.54, 1.807) is 0 Å². The Morgan fingerprint density at radius 1 is 0.857 bits per heavy atom. The van der Waals surface area contributed by atoms with Crippen molar-refractivity contribution in [1.29, 1.82) is 0 Å². The number of hydrogen-bond donors (Lipinski definition) is 0. The van der Waals surface area contributed by atoms with Crippen LogP contribution in [0, 0.1) is 6.92 Å². The maximum atomic E-state index is 5.83. The number of hydrogen-bond acceptors (Lipinski definition) is 0. The fourth-order valence-corrected chi connectivity index (χ4v) is 1.59. The van der Waals surface area contributed by atoms with Gasteiger partial charge in [-0.3, -0.25) is 0 Å². The van der Waals surface area contributed by atoms with Gasteiger partial charge in [-0.1, -0.05) is 53.6 Å².